The fourth-order valence-corrected chi connectivity index (χ4v) is 2.78. The van der Waals surface area contributed by atoms with Crippen molar-refractivity contribution in [1.29, 1.82) is 0 Å². The zero-order valence-electron chi connectivity index (χ0n) is 10.2. The monoisotopic (exact) mass is 278 g/mol. The Morgan fingerprint density at radius 3 is 2.47 bits per heavy atom. The second-order valence-electron chi connectivity index (χ2n) is 4.71. The van der Waals surface area contributed by atoms with E-state index in [-0.39, 0.29) is 11.2 Å². The fourth-order valence-electron chi connectivity index (χ4n) is 2.10. The van der Waals surface area contributed by atoms with Gasteiger partial charge in [-0.2, -0.15) is 0 Å². The molecular weight excluding hydrogens is 264 g/mol. The van der Waals surface area contributed by atoms with Crippen LogP contribution in [-0.2, 0) is 16.4 Å². The molecule has 1 aliphatic rings. The van der Waals surface area contributed by atoms with Crippen LogP contribution in [0.5, 0.6) is 0 Å². The molecule has 0 saturated heterocycles. The van der Waals surface area contributed by atoms with Crippen LogP contribution in [0, 0.1) is 0 Å². The van der Waals surface area contributed by atoms with Crippen LogP contribution < -0.4 is 5.14 Å². The van der Waals surface area contributed by atoms with Gasteiger partial charge in [-0.15, -0.1) is 10.2 Å². The normalized spacial score (nSPS) is 15.6. The predicted molar refractivity (Wildman–Crippen MR) is 68.9 cm³/mol. The maximum absolute atomic E-state index is 11.5. The molecule has 1 aromatic carbocycles. The Hall–Kier alpha value is -1.73. The topological polar surface area (TPSA) is 90.9 Å². The molecule has 0 amide bonds. The molecule has 19 heavy (non-hydrogen) atoms. The largest absolute Gasteiger partial charge is 0.297 e. The summed E-state index contributed by atoms with van der Waals surface area (Å²) in [4.78, 5) is 0. The van der Waals surface area contributed by atoms with E-state index in [9.17, 15) is 8.42 Å². The van der Waals surface area contributed by atoms with Crippen LogP contribution in [0.3, 0.4) is 0 Å². The van der Waals surface area contributed by atoms with Gasteiger partial charge in [-0.1, -0.05) is 30.3 Å². The molecule has 6 nitrogen and oxygen atoms in total. The minimum absolute atomic E-state index is 0.124. The lowest BCUT2D eigenvalue weighted by Gasteiger charge is -2.07. The minimum atomic E-state index is -3.82. The molecule has 1 aliphatic carbocycles. The van der Waals surface area contributed by atoms with Crippen molar-refractivity contribution in [2.75, 3.05) is 0 Å². The highest BCUT2D eigenvalue weighted by atomic mass is 32.2. The van der Waals surface area contributed by atoms with Crippen molar-refractivity contribution < 1.29 is 8.42 Å². The third-order valence-electron chi connectivity index (χ3n) is 3.11. The summed E-state index contributed by atoms with van der Waals surface area (Å²) in [6.07, 6.45) is 2.45. The van der Waals surface area contributed by atoms with E-state index in [0.717, 1.165) is 18.4 Å². The number of rotatable bonds is 4. The highest BCUT2D eigenvalue weighted by Gasteiger charge is 2.32. The molecule has 7 heteroatoms. The summed E-state index contributed by atoms with van der Waals surface area (Å²) in [6.45, 7) is 0. The highest BCUT2D eigenvalue weighted by molar-refractivity contribution is 7.89. The van der Waals surface area contributed by atoms with Crippen molar-refractivity contribution in [2.45, 2.75) is 30.5 Å². The number of sulfonamides is 1. The predicted octanol–water partition coefficient (Wildman–Crippen LogP) is 0.851. The highest BCUT2D eigenvalue weighted by Crippen LogP contribution is 2.37. The third-order valence-corrected chi connectivity index (χ3v) is 3.89. The summed E-state index contributed by atoms with van der Waals surface area (Å²) < 4.78 is 24.7. The summed E-state index contributed by atoms with van der Waals surface area (Å²) in [5.41, 5.74) is 1.07. The van der Waals surface area contributed by atoms with E-state index in [4.69, 9.17) is 5.14 Å². The zero-order valence-corrected chi connectivity index (χ0v) is 11.0. The van der Waals surface area contributed by atoms with Gasteiger partial charge in [0.1, 0.15) is 5.82 Å². The lowest BCUT2D eigenvalue weighted by molar-refractivity contribution is 0.560. The molecule has 0 aliphatic heterocycles. The molecule has 100 valence electrons. The molecule has 2 N–H and O–H groups in total. The van der Waals surface area contributed by atoms with Gasteiger partial charge in [0.25, 0.3) is 15.2 Å². The van der Waals surface area contributed by atoms with Gasteiger partial charge < -0.3 is 0 Å². The molecule has 1 saturated carbocycles. The number of hydrogen-bond donors (Lipinski definition) is 1. The van der Waals surface area contributed by atoms with Gasteiger partial charge >= 0.3 is 0 Å². The first-order chi connectivity index (χ1) is 9.05. The summed E-state index contributed by atoms with van der Waals surface area (Å²) in [5, 5.41) is 12.8. The van der Waals surface area contributed by atoms with Crippen molar-refractivity contribution in [3.8, 4) is 0 Å². The van der Waals surface area contributed by atoms with Crippen LogP contribution in [0.15, 0.2) is 35.5 Å². The maximum Gasteiger partial charge on any atom is 0.273 e. The fraction of sp³-hybridized carbons (Fsp3) is 0.333. The molecule has 0 spiro atoms. The molecule has 0 atom stereocenters. The molecular formula is C12H14N4O2S. The first-order valence-electron chi connectivity index (χ1n) is 6.06. The van der Waals surface area contributed by atoms with Gasteiger partial charge in [0, 0.05) is 12.5 Å². The number of primary sulfonamides is 1. The molecule has 0 bridgehead atoms. The third kappa shape index (κ3) is 2.52. The lowest BCUT2D eigenvalue weighted by atomic mass is 10.1. The van der Waals surface area contributed by atoms with E-state index in [1.807, 2.05) is 30.3 Å². The molecule has 0 unspecified atom stereocenters. The van der Waals surface area contributed by atoms with E-state index in [1.165, 1.54) is 0 Å². The summed E-state index contributed by atoms with van der Waals surface area (Å²) in [6, 6.07) is 9.93. The van der Waals surface area contributed by atoms with Crippen LogP contribution in [0.4, 0.5) is 0 Å². The van der Waals surface area contributed by atoms with E-state index in [1.54, 1.807) is 4.57 Å². The van der Waals surface area contributed by atoms with Gasteiger partial charge in [-0.25, -0.2) is 13.6 Å². The Balaban J connectivity index is 2.01. The van der Waals surface area contributed by atoms with Gasteiger partial charge in [-0.05, 0) is 18.4 Å². The van der Waals surface area contributed by atoms with Crippen LogP contribution in [0.25, 0.3) is 0 Å². The second kappa shape index (κ2) is 4.43. The van der Waals surface area contributed by atoms with Gasteiger partial charge in [-0.3, -0.25) is 4.57 Å². The standard InChI is InChI=1S/C12H14N4O2S/c13-19(17,18)12-15-14-11(16(12)10-6-7-10)8-9-4-2-1-3-5-9/h1-5,10H,6-8H2,(H2,13,17,18). The van der Waals surface area contributed by atoms with Crippen molar-refractivity contribution in [2.24, 2.45) is 5.14 Å². The number of nitrogens with zero attached hydrogens (tertiary/aromatic N) is 3. The summed E-state index contributed by atoms with van der Waals surface area (Å²) in [7, 11) is -3.82. The minimum Gasteiger partial charge on any atom is -0.297 e. The first kappa shape index (κ1) is 12.3. The maximum atomic E-state index is 11.5. The van der Waals surface area contributed by atoms with E-state index < -0.39 is 10.0 Å². The van der Waals surface area contributed by atoms with Gasteiger partial charge in [0.15, 0.2) is 0 Å². The quantitative estimate of drug-likeness (QED) is 0.897. The Labute approximate surface area is 111 Å². The first-order valence-corrected chi connectivity index (χ1v) is 7.61. The lowest BCUT2D eigenvalue weighted by Crippen LogP contribution is -2.19. The average Bonchev–Trinajstić information content (AvgIpc) is 3.11. The zero-order chi connectivity index (χ0) is 13.5. The Morgan fingerprint density at radius 1 is 1.21 bits per heavy atom. The second-order valence-corrected chi connectivity index (χ2v) is 6.16. The number of benzene rings is 1. The van der Waals surface area contributed by atoms with E-state index >= 15 is 0 Å². The van der Waals surface area contributed by atoms with Crippen LogP contribution in [0.2, 0.25) is 0 Å². The molecule has 2 aromatic rings. The Kier molecular flexibility index (Phi) is 2.87. The molecule has 1 fully saturated rings. The van der Waals surface area contributed by atoms with Crippen molar-refractivity contribution in [1.82, 2.24) is 14.8 Å². The van der Waals surface area contributed by atoms with Crippen LogP contribution >= 0.6 is 0 Å². The number of nitrogens with two attached hydrogens (primary N) is 1. The van der Waals surface area contributed by atoms with Gasteiger partial charge in [0.05, 0.1) is 0 Å². The van der Waals surface area contributed by atoms with E-state index in [0.29, 0.717) is 12.2 Å². The molecule has 1 aromatic heterocycles. The SMILES string of the molecule is NS(=O)(=O)c1nnc(Cc2ccccc2)n1C1CC1. The van der Waals surface area contributed by atoms with E-state index in [2.05, 4.69) is 10.2 Å². The molecule has 0 radical (unpaired) electrons. The number of aromatic nitrogens is 3. The van der Waals surface area contributed by atoms with Crippen LogP contribution in [0.1, 0.15) is 30.3 Å². The smallest absolute Gasteiger partial charge is 0.273 e. The van der Waals surface area contributed by atoms with Crippen molar-refractivity contribution in [3.05, 3.63) is 41.7 Å². The Bertz CT molecular complexity index is 690. The van der Waals surface area contributed by atoms with Crippen LogP contribution in [-0.4, -0.2) is 23.2 Å². The molecule has 1 heterocycles. The van der Waals surface area contributed by atoms with Gasteiger partial charge in [0.2, 0.25) is 0 Å². The summed E-state index contributed by atoms with van der Waals surface area (Å²) >= 11 is 0. The van der Waals surface area contributed by atoms with Crippen molar-refractivity contribution in [3.63, 3.8) is 0 Å². The molecule has 3 rings (SSSR count). The van der Waals surface area contributed by atoms with Crippen molar-refractivity contribution >= 4 is 10.0 Å². The summed E-state index contributed by atoms with van der Waals surface area (Å²) in [5.74, 6) is 0.651. The Morgan fingerprint density at radius 2 is 1.89 bits per heavy atom. The number of hydrogen-bond acceptors (Lipinski definition) is 4. The average molecular weight is 278 g/mol.